The van der Waals surface area contributed by atoms with E-state index in [0.29, 0.717) is 4.31 Å². The summed E-state index contributed by atoms with van der Waals surface area (Å²) >= 11 is 0. The first-order chi connectivity index (χ1) is 7.58. The number of carbonyl (C=O) groups is 1. The van der Waals surface area contributed by atoms with Gasteiger partial charge in [0.2, 0.25) is 0 Å². The van der Waals surface area contributed by atoms with E-state index >= 15 is 0 Å². The van der Waals surface area contributed by atoms with Gasteiger partial charge in [0.05, 0.1) is 6.61 Å². The Bertz CT molecular complexity index is 355. The molecule has 0 aromatic rings. The van der Waals surface area contributed by atoms with Crippen LogP contribution in [-0.4, -0.2) is 51.6 Å². The minimum absolute atomic E-state index is 0.0582. The van der Waals surface area contributed by atoms with Crippen molar-refractivity contribution in [2.24, 2.45) is 0 Å². The number of nitrogens with one attached hydrogen (secondary N) is 1. The van der Waals surface area contributed by atoms with Crippen molar-refractivity contribution in [2.75, 3.05) is 26.7 Å². The van der Waals surface area contributed by atoms with Crippen LogP contribution < -0.4 is 4.72 Å². The zero-order valence-electron chi connectivity index (χ0n) is 9.24. The highest BCUT2D eigenvalue weighted by Crippen LogP contribution is 2.13. The molecular formula is C7H13F3N2O4S. The van der Waals surface area contributed by atoms with Crippen molar-refractivity contribution in [2.45, 2.75) is 13.1 Å². The normalized spacial score (nSPS) is 12.8. The number of carbonyl (C=O) groups excluding carboxylic acids is 1. The van der Waals surface area contributed by atoms with Gasteiger partial charge < -0.3 is 4.74 Å². The Hall–Kier alpha value is -0.870. The topological polar surface area (TPSA) is 75.7 Å². The van der Waals surface area contributed by atoms with Crippen LogP contribution in [0.25, 0.3) is 0 Å². The maximum absolute atomic E-state index is 11.8. The molecule has 0 amide bonds. The first-order valence-electron chi connectivity index (χ1n) is 4.52. The minimum atomic E-state index is -4.65. The fraction of sp³-hybridized carbons (Fsp3) is 0.857. The Morgan fingerprint density at radius 3 is 2.35 bits per heavy atom. The molecule has 0 rings (SSSR count). The SMILES string of the molecule is CCOC(=O)CN(C)S(=O)(=O)NCC(F)(F)F. The van der Waals surface area contributed by atoms with Crippen LogP contribution in [0.4, 0.5) is 13.2 Å². The number of esters is 1. The number of hydrogen-bond acceptors (Lipinski definition) is 4. The van der Waals surface area contributed by atoms with Crippen LogP contribution in [0.1, 0.15) is 6.92 Å². The fourth-order valence-corrected chi connectivity index (χ4v) is 1.60. The summed E-state index contributed by atoms with van der Waals surface area (Å²) in [6.45, 7) is -0.763. The second-order valence-corrected chi connectivity index (χ2v) is 4.86. The molecule has 0 radical (unpaired) electrons. The van der Waals surface area contributed by atoms with E-state index < -0.39 is 35.4 Å². The molecule has 102 valence electrons. The summed E-state index contributed by atoms with van der Waals surface area (Å²) in [6, 6.07) is 0. The van der Waals surface area contributed by atoms with Gasteiger partial charge in [-0.15, -0.1) is 0 Å². The minimum Gasteiger partial charge on any atom is -0.465 e. The van der Waals surface area contributed by atoms with E-state index in [0.717, 1.165) is 7.05 Å². The second kappa shape index (κ2) is 6.17. The van der Waals surface area contributed by atoms with E-state index in [1.54, 1.807) is 0 Å². The molecular weight excluding hydrogens is 265 g/mol. The molecule has 0 atom stereocenters. The standard InChI is InChI=1S/C7H13F3N2O4S/c1-3-16-6(13)4-12(2)17(14,15)11-5-7(8,9)10/h11H,3-5H2,1-2H3. The molecule has 17 heavy (non-hydrogen) atoms. The number of nitrogens with zero attached hydrogens (tertiary/aromatic N) is 1. The lowest BCUT2D eigenvalue weighted by Crippen LogP contribution is -2.44. The average molecular weight is 278 g/mol. The van der Waals surface area contributed by atoms with Crippen LogP contribution in [0.5, 0.6) is 0 Å². The molecule has 6 nitrogen and oxygen atoms in total. The summed E-state index contributed by atoms with van der Waals surface area (Å²) in [7, 11) is -3.38. The summed E-state index contributed by atoms with van der Waals surface area (Å²) in [4.78, 5) is 10.9. The number of halogens is 3. The lowest BCUT2D eigenvalue weighted by Gasteiger charge is -2.17. The van der Waals surface area contributed by atoms with Gasteiger partial charge in [0.1, 0.15) is 13.1 Å². The Labute approximate surface area is 96.9 Å². The molecule has 0 aliphatic rings. The van der Waals surface area contributed by atoms with Gasteiger partial charge in [-0.2, -0.15) is 30.6 Å². The fourth-order valence-electron chi connectivity index (χ4n) is 0.757. The van der Waals surface area contributed by atoms with Crippen molar-refractivity contribution in [1.82, 2.24) is 9.03 Å². The van der Waals surface area contributed by atoms with Crippen molar-refractivity contribution >= 4 is 16.2 Å². The van der Waals surface area contributed by atoms with Crippen LogP contribution in [0.2, 0.25) is 0 Å². The first-order valence-corrected chi connectivity index (χ1v) is 5.96. The highest BCUT2D eigenvalue weighted by molar-refractivity contribution is 7.87. The van der Waals surface area contributed by atoms with Gasteiger partial charge in [0.25, 0.3) is 10.2 Å². The number of alkyl halides is 3. The molecule has 0 heterocycles. The zero-order valence-corrected chi connectivity index (χ0v) is 10.1. The van der Waals surface area contributed by atoms with Crippen LogP contribution in [0.15, 0.2) is 0 Å². The summed E-state index contributed by atoms with van der Waals surface area (Å²) in [5.41, 5.74) is 0. The molecule has 0 fully saturated rings. The Balaban J connectivity index is 4.36. The van der Waals surface area contributed by atoms with Gasteiger partial charge in [-0.1, -0.05) is 0 Å². The number of likely N-dealkylation sites (N-methyl/N-ethyl adjacent to an activating group) is 1. The molecule has 10 heteroatoms. The van der Waals surface area contributed by atoms with Crippen molar-refractivity contribution in [3.05, 3.63) is 0 Å². The molecule has 0 bridgehead atoms. The number of rotatable bonds is 6. The van der Waals surface area contributed by atoms with Crippen LogP contribution in [0, 0.1) is 0 Å². The van der Waals surface area contributed by atoms with Crippen molar-refractivity contribution in [3.63, 3.8) is 0 Å². The quantitative estimate of drug-likeness (QED) is 0.687. The van der Waals surface area contributed by atoms with E-state index in [9.17, 15) is 26.4 Å². The summed E-state index contributed by atoms with van der Waals surface area (Å²) < 4.78 is 64.0. The first kappa shape index (κ1) is 16.1. The van der Waals surface area contributed by atoms with Crippen molar-refractivity contribution < 1.29 is 31.1 Å². The van der Waals surface area contributed by atoms with E-state index in [1.807, 2.05) is 0 Å². The number of hydrogen-bond donors (Lipinski definition) is 1. The highest BCUT2D eigenvalue weighted by atomic mass is 32.2. The lowest BCUT2D eigenvalue weighted by atomic mass is 10.6. The Kier molecular flexibility index (Phi) is 5.85. The monoisotopic (exact) mass is 278 g/mol. The molecule has 0 aliphatic carbocycles. The summed E-state index contributed by atoms with van der Waals surface area (Å²) in [5.74, 6) is -0.840. The molecule has 0 saturated carbocycles. The van der Waals surface area contributed by atoms with Crippen molar-refractivity contribution in [3.8, 4) is 0 Å². The largest absolute Gasteiger partial charge is 0.465 e. The lowest BCUT2D eigenvalue weighted by molar-refractivity contribution is -0.143. The van der Waals surface area contributed by atoms with Gasteiger partial charge in [-0.25, -0.2) is 0 Å². The highest BCUT2D eigenvalue weighted by Gasteiger charge is 2.31. The van der Waals surface area contributed by atoms with Gasteiger partial charge in [-0.3, -0.25) is 4.79 Å². The zero-order chi connectivity index (χ0) is 13.7. The summed E-state index contributed by atoms with van der Waals surface area (Å²) in [5, 5.41) is 0. The smallest absolute Gasteiger partial charge is 0.402 e. The van der Waals surface area contributed by atoms with Gasteiger partial charge in [-0.05, 0) is 6.92 Å². The maximum atomic E-state index is 11.8. The third kappa shape index (κ3) is 7.13. The van der Waals surface area contributed by atoms with Gasteiger partial charge in [0, 0.05) is 7.05 Å². The third-order valence-electron chi connectivity index (χ3n) is 1.52. The molecule has 0 aromatic heterocycles. The molecule has 0 saturated heterocycles. The Morgan fingerprint density at radius 2 is 1.94 bits per heavy atom. The predicted molar refractivity (Wildman–Crippen MR) is 52.2 cm³/mol. The average Bonchev–Trinajstić information content (AvgIpc) is 2.14. The van der Waals surface area contributed by atoms with Crippen LogP contribution in [0.3, 0.4) is 0 Å². The van der Waals surface area contributed by atoms with E-state index in [4.69, 9.17) is 0 Å². The molecule has 1 N–H and O–H groups in total. The Morgan fingerprint density at radius 1 is 1.41 bits per heavy atom. The van der Waals surface area contributed by atoms with Crippen LogP contribution >= 0.6 is 0 Å². The molecule has 0 aliphatic heterocycles. The van der Waals surface area contributed by atoms with Gasteiger partial charge >= 0.3 is 12.1 Å². The number of ether oxygens (including phenoxy) is 1. The summed E-state index contributed by atoms with van der Waals surface area (Å²) in [6.07, 6.45) is -4.65. The van der Waals surface area contributed by atoms with Crippen LogP contribution in [-0.2, 0) is 19.7 Å². The maximum Gasteiger partial charge on any atom is 0.402 e. The molecule has 0 unspecified atom stereocenters. The molecule has 0 spiro atoms. The van der Waals surface area contributed by atoms with E-state index in [-0.39, 0.29) is 6.61 Å². The molecule has 0 aromatic carbocycles. The second-order valence-electron chi connectivity index (χ2n) is 3.00. The van der Waals surface area contributed by atoms with Crippen molar-refractivity contribution in [1.29, 1.82) is 0 Å². The van der Waals surface area contributed by atoms with E-state index in [1.165, 1.54) is 11.6 Å². The van der Waals surface area contributed by atoms with E-state index in [2.05, 4.69) is 4.74 Å². The van der Waals surface area contributed by atoms with Gasteiger partial charge in [0.15, 0.2) is 0 Å². The third-order valence-corrected chi connectivity index (χ3v) is 2.98. The predicted octanol–water partition coefficient (Wildman–Crippen LogP) is -0.122.